The Morgan fingerprint density at radius 3 is 2.65 bits per heavy atom. The van der Waals surface area contributed by atoms with Crippen LogP contribution < -0.4 is 0 Å². The molecular weight excluding hydrogens is 510 g/mol. The second kappa shape index (κ2) is 11.3. The molecule has 1 saturated carbocycles. The summed E-state index contributed by atoms with van der Waals surface area (Å²) < 4.78 is 17.7. The minimum absolute atomic E-state index is 0.0426. The minimum Gasteiger partial charge on any atom is -0.492 e. The van der Waals surface area contributed by atoms with Crippen molar-refractivity contribution in [1.82, 2.24) is 4.90 Å². The van der Waals surface area contributed by atoms with Crippen LogP contribution in [-0.2, 0) is 19.0 Å². The van der Waals surface area contributed by atoms with Crippen LogP contribution in [0.2, 0.25) is 0 Å². The fraction of sp³-hybridized carbons (Fsp3) is 0.719. The van der Waals surface area contributed by atoms with E-state index >= 15 is 0 Å². The summed E-state index contributed by atoms with van der Waals surface area (Å²) in [6.07, 6.45) is 17.1. The lowest BCUT2D eigenvalue weighted by molar-refractivity contribution is -0.134. The van der Waals surface area contributed by atoms with Crippen molar-refractivity contribution >= 4 is 5.97 Å². The molecule has 8 nitrogen and oxygen atoms in total. The van der Waals surface area contributed by atoms with Crippen molar-refractivity contribution in [3.05, 3.63) is 46.8 Å². The summed E-state index contributed by atoms with van der Waals surface area (Å²) in [7, 11) is 1.44. The van der Waals surface area contributed by atoms with E-state index in [2.05, 4.69) is 30.1 Å². The summed E-state index contributed by atoms with van der Waals surface area (Å²) in [5, 5.41) is 32.5. The van der Waals surface area contributed by atoms with Crippen LogP contribution >= 0.6 is 0 Å². The predicted octanol–water partition coefficient (Wildman–Crippen LogP) is 3.94. The second-order valence-corrected chi connectivity index (χ2v) is 13.0. The highest BCUT2D eigenvalue weighted by atomic mass is 16.6. The number of ether oxygens (including phenoxy) is 3. The molecule has 0 aromatic carbocycles. The third kappa shape index (κ3) is 4.75. The average Bonchev–Trinajstić information content (AvgIpc) is 3.44. The van der Waals surface area contributed by atoms with E-state index in [9.17, 15) is 20.1 Å². The maximum atomic E-state index is 12.5. The molecule has 7 unspecified atom stereocenters. The first-order chi connectivity index (χ1) is 19.4. The average molecular weight is 556 g/mol. The van der Waals surface area contributed by atoms with Gasteiger partial charge < -0.3 is 29.5 Å². The van der Waals surface area contributed by atoms with Gasteiger partial charge in [0.2, 0.25) is 5.76 Å². The Morgan fingerprint density at radius 1 is 1.15 bits per heavy atom. The van der Waals surface area contributed by atoms with Crippen molar-refractivity contribution in [2.45, 2.75) is 89.3 Å². The molecule has 4 aliphatic heterocycles. The van der Waals surface area contributed by atoms with Gasteiger partial charge >= 0.3 is 5.97 Å². The van der Waals surface area contributed by atoms with Crippen molar-refractivity contribution in [2.24, 2.45) is 29.1 Å². The van der Waals surface area contributed by atoms with Gasteiger partial charge in [-0.1, -0.05) is 44.8 Å². The largest absolute Gasteiger partial charge is 0.492 e. The number of hydrogen-bond donors (Lipinski definition) is 3. The normalized spacial score (nSPS) is 38.3. The molecule has 0 amide bonds. The van der Waals surface area contributed by atoms with Crippen LogP contribution in [0.25, 0.3) is 0 Å². The molecule has 3 N–H and O–H groups in total. The quantitative estimate of drug-likeness (QED) is 0.346. The SMILES string of the molecule is COC1=C(CO)C(=O)OC1=C1OC2=CC3(CCCCC3)CN3C(C(O)C4C=CCC(C)C4)CCCC3C2C1CO. The minimum atomic E-state index is -0.649. The lowest BCUT2D eigenvalue weighted by Gasteiger charge is -2.50. The van der Waals surface area contributed by atoms with Crippen LogP contribution in [0.15, 0.2) is 46.8 Å². The highest BCUT2D eigenvalue weighted by molar-refractivity contribution is 5.94. The van der Waals surface area contributed by atoms with Gasteiger partial charge in [-0.3, -0.25) is 4.90 Å². The number of carbonyl (C=O) groups is 1. The number of rotatable bonds is 5. The number of hydrogen-bond acceptors (Lipinski definition) is 8. The highest BCUT2D eigenvalue weighted by Crippen LogP contribution is 2.54. The van der Waals surface area contributed by atoms with E-state index in [4.69, 9.17) is 14.2 Å². The molecule has 0 bridgehead atoms. The molecule has 2 saturated heterocycles. The molecule has 2 aliphatic carbocycles. The molecule has 3 fully saturated rings. The number of aliphatic hydroxyl groups excluding tert-OH is 3. The molecule has 4 heterocycles. The Hall–Kier alpha value is -2.13. The molecule has 1 spiro atoms. The van der Waals surface area contributed by atoms with Crippen LogP contribution in [-0.4, -0.2) is 71.2 Å². The Labute approximate surface area is 237 Å². The zero-order valence-electron chi connectivity index (χ0n) is 23.9. The lowest BCUT2D eigenvalue weighted by Crippen LogP contribution is -2.58. The fourth-order valence-corrected chi connectivity index (χ4v) is 8.61. The zero-order chi connectivity index (χ0) is 28.0. The Kier molecular flexibility index (Phi) is 7.89. The van der Waals surface area contributed by atoms with E-state index in [-0.39, 0.29) is 53.0 Å². The molecule has 6 aliphatic rings. The number of esters is 1. The lowest BCUT2D eigenvalue weighted by atomic mass is 9.72. The molecule has 0 aromatic rings. The predicted molar refractivity (Wildman–Crippen MR) is 148 cm³/mol. The van der Waals surface area contributed by atoms with Crippen LogP contribution in [0.5, 0.6) is 0 Å². The van der Waals surface area contributed by atoms with Gasteiger partial charge in [-0.25, -0.2) is 4.79 Å². The summed E-state index contributed by atoms with van der Waals surface area (Å²) in [5.74, 6) is 1.13. The molecule has 6 rings (SSSR count). The molecule has 7 atom stereocenters. The molecule has 220 valence electrons. The second-order valence-electron chi connectivity index (χ2n) is 13.0. The third-order valence-electron chi connectivity index (χ3n) is 10.5. The zero-order valence-corrected chi connectivity index (χ0v) is 23.9. The smallest absolute Gasteiger partial charge is 0.345 e. The van der Waals surface area contributed by atoms with Crippen molar-refractivity contribution in [1.29, 1.82) is 0 Å². The van der Waals surface area contributed by atoms with E-state index in [1.165, 1.54) is 13.5 Å². The number of cyclic esters (lactones) is 1. The van der Waals surface area contributed by atoms with Gasteiger partial charge in [0.05, 0.1) is 32.3 Å². The van der Waals surface area contributed by atoms with Gasteiger partial charge in [0.15, 0.2) is 11.5 Å². The van der Waals surface area contributed by atoms with E-state index in [0.29, 0.717) is 11.7 Å². The van der Waals surface area contributed by atoms with Crippen molar-refractivity contribution in [2.75, 3.05) is 26.9 Å². The van der Waals surface area contributed by atoms with Crippen molar-refractivity contribution in [3.63, 3.8) is 0 Å². The first-order valence-electron chi connectivity index (χ1n) is 15.4. The number of carbonyl (C=O) groups excluding carboxylic acids is 1. The van der Waals surface area contributed by atoms with Gasteiger partial charge in [0.25, 0.3) is 0 Å². The van der Waals surface area contributed by atoms with E-state index in [1.807, 2.05) is 0 Å². The summed E-state index contributed by atoms with van der Waals surface area (Å²) in [5.41, 5.74) is 0.00111. The molecule has 40 heavy (non-hydrogen) atoms. The topological polar surface area (TPSA) is 109 Å². The van der Waals surface area contributed by atoms with Crippen molar-refractivity contribution < 1.29 is 34.3 Å². The monoisotopic (exact) mass is 555 g/mol. The number of allylic oxidation sites excluding steroid dienone is 1. The first-order valence-corrected chi connectivity index (χ1v) is 15.4. The maximum Gasteiger partial charge on any atom is 0.345 e. The fourth-order valence-electron chi connectivity index (χ4n) is 8.61. The summed E-state index contributed by atoms with van der Waals surface area (Å²) in [4.78, 5) is 15.1. The Balaban J connectivity index is 1.42. The number of methoxy groups -OCH3 is 1. The van der Waals surface area contributed by atoms with Gasteiger partial charge in [0.1, 0.15) is 11.3 Å². The maximum absolute atomic E-state index is 12.5. The molecule has 0 aromatic heterocycles. The summed E-state index contributed by atoms with van der Waals surface area (Å²) in [6, 6.07) is 0.131. The van der Waals surface area contributed by atoms with E-state index in [1.54, 1.807) is 0 Å². The number of fused-ring (bicyclic) bond motifs is 3. The number of nitrogens with zero attached hydrogens (tertiary/aromatic N) is 1. The van der Waals surface area contributed by atoms with Gasteiger partial charge in [-0.2, -0.15) is 0 Å². The Morgan fingerprint density at radius 2 is 1.95 bits per heavy atom. The Bertz CT molecular complexity index is 1120. The molecular formula is C32H45NO7. The third-order valence-corrected chi connectivity index (χ3v) is 10.5. The van der Waals surface area contributed by atoms with Gasteiger partial charge in [-0.15, -0.1) is 0 Å². The summed E-state index contributed by atoms with van der Waals surface area (Å²) in [6.45, 7) is 2.49. The highest BCUT2D eigenvalue weighted by Gasteiger charge is 2.55. The first kappa shape index (κ1) is 28.0. The van der Waals surface area contributed by atoms with Crippen LogP contribution in [0.4, 0.5) is 0 Å². The van der Waals surface area contributed by atoms with Crippen LogP contribution in [0.1, 0.15) is 71.1 Å². The number of aliphatic hydroxyl groups is 3. The van der Waals surface area contributed by atoms with E-state index < -0.39 is 24.6 Å². The van der Waals surface area contributed by atoms with Crippen LogP contribution in [0, 0.1) is 29.1 Å². The molecule has 8 heteroatoms. The van der Waals surface area contributed by atoms with Gasteiger partial charge in [-0.05, 0) is 50.5 Å². The van der Waals surface area contributed by atoms with Crippen LogP contribution in [0.3, 0.4) is 0 Å². The van der Waals surface area contributed by atoms with E-state index in [0.717, 1.165) is 70.1 Å². The summed E-state index contributed by atoms with van der Waals surface area (Å²) >= 11 is 0. The van der Waals surface area contributed by atoms with Crippen molar-refractivity contribution in [3.8, 4) is 0 Å². The molecule has 0 radical (unpaired) electrons. The number of piperidine rings is 1. The van der Waals surface area contributed by atoms with Gasteiger partial charge in [0, 0.05) is 35.9 Å². The standard InChI is InChI=1S/C32H45NO7/c1-19-8-6-9-20(14-19)27(36)24-11-7-10-23-26-21(16-34)29(30-28(38-2)22(17-35)31(37)40-30)39-25(26)15-32(18-33(23)24)12-4-3-5-13-32/h6,9,15,19-21,23-24,26-27,34-36H,3-5,7-8,10-14,16-18H2,1-2H3.